The van der Waals surface area contributed by atoms with Gasteiger partial charge in [0.1, 0.15) is 5.75 Å². The Morgan fingerprint density at radius 2 is 1.76 bits per heavy atom. The van der Waals surface area contributed by atoms with Gasteiger partial charge < -0.3 is 4.74 Å². The fraction of sp³-hybridized carbons (Fsp3) is 0.158. The summed E-state index contributed by atoms with van der Waals surface area (Å²) in [5, 5.41) is 2.15. The normalized spacial score (nSPS) is 11.8. The second-order valence-corrected chi connectivity index (χ2v) is 8.59. The summed E-state index contributed by atoms with van der Waals surface area (Å²) in [6, 6.07) is 18.6. The average molecular weight is 420 g/mol. The van der Waals surface area contributed by atoms with E-state index in [1.165, 1.54) is 4.31 Å². The van der Waals surface area contributed by atoms with Crippen molar-refractivity contribution in [1.82, 2.24) is 4.31 Å². The van der Waals surface area contributed by atoms with Crippen LogP contribution in [-0.4, -0.2) is 26.9 Å². The molecule has 0 aliphatic rings. The molecule has 0 unspecified atom stereocenters. The standard InChI is InChI=1S/C19H18BrNO3S/c1-21(13-15-8-5-7-14-6-3-4-9-17(14)15)25(22,23)16-10-11-19(24-2)18(20)12-16/h3-12H,13H2,1-2H3. The van der Waals surface area contributed by atoms with Gasteiger partial charge >= 0.3 is 0 Å². The van der Waals surface area contributed by atoms with Gasteiger partial charge in [0.05, 0.1) is 16.5 Å². The van der Waals surface area contributed by atoms with E-state index in [0.717, 1.165) is 16.3 Å². The topological polar surface area (TPSA) is 46.6 Å². The predicted molar refractivity (Wildman–Crippen MR) is 103 cm³/mol. The first-order valence-electron chi connectivity index (χ1n) is 7.70. The minimum atomic E-state index is -3.61. The van der Waals surface area contributed by atoms with Crippen LogP contribution in [0, 0.1) is 0 Å². The molecule has 25 heavy (non-hydrogen) atoms. The van der Waals surface area contributed by atoms with Crippen molar-refractivity contribution in [1.29, 1.82) is 0 Å². The Morgan fingerprint density at radius 1 is 1.04 bits per heavy atom. The van der Waals surface area contributed by atoms with Crippen molar-refractivity contribution in [2.75, 3.05) is 14.2 Å². The van der Waals surface area contributed by atoms with Gasteiger partial charge in [-0.2, -0.15) is 4.31 Å². The summed E-state index contributed by atoms with van der Waals surface area (Å²) in [5.41, 5.74) is 0.969. The molecule has 0 heterocycles. The van der Waals surface area contributed by atoms with Crippen LogP contribution in [0.15, 0.2) is 70.0 Å². The molecule has 0 bridgehead atoms. The highest BCUT2D eigenvalue weighted by atomic mass is 79.9. The number of benzene rings is 3. The van der Waals surface area contributed by atoms with Gasteiger partial charge in [-0.3, -0.25) is 0 Å². The van der Waals surface area contributed by atoms with E-state index >= 15 is 0 Å². The van der Waals surface area contributed by atoms with Crippen molar-refractivity contribution in [2.24, 2.45) is 0 Å². The molecule has 0 N–H and O–H groups in total. The second-order valence-electron chi connectivity index (χ2n) is 5.70. The fourth-order valence-electron chi connectivity index (χ4n) is 2.74. The zero-order valence-corrected chi connectivity index (χ0v) is 16.3. The van der Waals surface area contributed by atoms with E-state index in [0.29, 0.717) is 16.8 Å². The average Bonchev–Trinajstić information content (AvgIpc) is 2.62. The number of ether oxygens (including phenoxy) is 1. The smallest absolute Gasteiger partial charge is 0.243 e. The van der Waals surface area contributed by atoms with E-state index in [1.807, 2.05) is 42.5 Å². The van der Waals surface area contributed by atoms with E-state index in [2.05, 4.69) is 15.9 Å². The van der Waals surface area contributed by atoms with Gasteiger partial charge in [-0.15, -0.1) is 0 Å². The molecule has 0 atom stereocenters. The van der Waals surface area contributed by atoms with Gasteiger partial charge in [-0.25, -0.2) is 8.42 Å². The third-order valence-electron chi connectivity index (χ3n) is 4.10. The summed E-state index contributed by atoms with van der Waals surface area (Å²) < 4.78 is 32.9. The maximum Gasteiger partial charge on any atom is 0.243 e. The first kappa shape index (κ1) is 17.9. The minimum absolute atomic E-state index is 0.225. The number of sulfonamides is 1. The van der Waals surface area contributed by atoms with E-state index in [1.54, 1.807) is 32.4 Å². The molecule has 0 aliphatic carbocycles. The van der Waals surface area contributed by atoms with Crippen LogP contribution in [0.5, 0.6) is 5.75 Å². The Labute approximate surface area is 156 Å². The highest BCUT2D eigenvalue weighted by Gasteiger charge is 2.22. The molecular weight excluding hydrogens is 402 g/mol. The zero-order valence-electron chi connectivity index (χ0n) is 13.9. The molecular formula is C19H18BrNO3S. The molecule has 0 aromatic heterocycles. The summed E-state index contributed by atoms with van der Waals surface area (Å²) in [4.78, 5) is 0.225. The van der Waals surface area contributed by atoms with Gasteiger partial charge in [0.2, 0.25) is 10.0 Å². The number of hydrogen-bond donors (Lipinski definition) is 0. The maximum atomic E-state index is 12.9. The van der Waals surface area contributed by atoms with Crippen LogP contribution in [0.3, 0.4) is 0 Å². The van der Waals surface area contributed by atoms with Gasteiger partial charge in [0.15, 0.2) is 0 Å². The minimum Gasteiger partial charge on any atom is -0.496 e. The zero-order chi connectivity index (χ0) is 18.0. The predicted octanol–water partition coefficient (Wildman–Crippen LogP) is 4.43. The van der Waals surface area contributed by atoms with Gasteiger partial charge in [0, 0.05) is 13.6 Å². The third kappa shape index (κ3) is 3.56. The van der Waals surface area contributed by atoms with Gasteiger partial charge in [-0.05, 0) is 50.5 Å². The van der Waals surface area contributed by atoms with Gasteiger partial charge in [-0.1, -0.05) is 42.5 Å². The van der Waals surface area contributed by atoms with Crippen molar-refractivity contribution in [2.45, 2.75) is 11.4 Å². The summed E-state index contributed by atoms with van der Waals surface area (Å²) in [5.74, 6) is 0.593. The van der Waals surface area contributed by atoms with Crippen molar-refractivity contribution >= 4 is 36.7 Å². The lowest BCUT2D eigenvalue weighted by molar-refractivity contribution is 0.411. The lowest BCUT2D eigenvalue weighted by Gasteiger charge is -2.19. The Kier molecular flexibility index (Phi) is 5.13. The Bertz CT molecular complexity index is 1010. The lowest BCUT2D eigenvalue weighted by atomic mass is 10.0. The molecule has 0 radical (unpaired) electrons. The van der Waals surface area contributed by atoms with Crippen LogP contribution in [0.25, 0.3) is 10.8 Å². The number of hydrogen-bond acceptors (Lipinski definition) is 3. The molecule has 0 aliphatic heterocycles. The number of nitrogens with zero attached hydrogens (tertiary/aromatic N) is 1. The van der Waals surface area contributed by atoms with Gasteiger partial charge in [0.25, 0.3) is 0 Å². The molecule has 0 spiro atoms. The first-order chi connectivity index (χ1) is 11.9. The van der Waals surface area contributed by atoms with Crippen LogP contribution in [0.1, 0.15) is 5.56 Å². The number of halogens is 1. The molecule has 3 aromatic carbocycles. The highest BCUT2D eigenvalue weighted by molar-refractivity contribution is 9.10. The Hall–Kier alpha value is -1.89. The van der Waals surface area contributed by atoms with E-state index < -0.39 is 10.0 Å². The van der Waals surface area contributed by atoms with Crippen molar-refractivity contribution in [3.8, 4) is 5.75 Å². The summed E-state index contributed by atoms with van der Waals surface area (Å²) in [7, 11) is -0.470. The van der Waals surface area contributed by atoms with E-state index in [9.17, 15) is 8.42 Å². The van der Waals surface area contributed by atoms with Crippen LogP contribution in [0.2, 0.25) is 0 Å². The Morgan fingerprint density at radius 3 is 2.48 bits per heavy atom. The summed E-state index contributed by atoms with van der Waals surface area (Å²) in [6.45, 7) is 0.299. The third-order valence-corrected chi connectivity index (χ3v) is 6.52. The fourth-order valence-corrected chi connectivity index (χ4v) is 4.61. The number of methoxy groups -OCH3 is 1. The van der Waals surface area contributed by atoms with E-state index in [-0.39, 0.29) is 4.90 Å². The first-order valence-corrected chi connectivity index (χ1v) is 9.93. The van der Waals surface area contributed by atoms with Crippen molar-refractivity contribution < 1.29 is 13.2 Å². The van der Waals surface area contributed by atoms with Crippen molar-refractivity contribution in [3.05, 3.63) is 70.7 Å². The molecule has 0 amide bonds. The SMILES string of the molecule is COc1ccc(S(=O)(=O)N(C)Cc2cccc3ccccc23)cc1Br. The second kappa shape index (κ2) is 7.15. The molecule has 0 saturated carbocycles. The molecule has 130 valence electrons. The van der Waals surface area contributed by atoms with Crippen molar-refractivity contribution in [3.63, 3.8) is 0 Å². The van der Waals surface area contributed by atoms with Crippen LogP contribution in [-0.2, 0) is 16.6 Å². The largest absolute Gasteiger partial charge is 0.496 e. The summed E-state index contributed by atoms with van der Waals surface area (Å²) in [6.07, 6.45) is 0. The van der Waals surface area contributed by atoms with Crippen LogP contribution >= 0.6 is 15.9 Å². The number of fused-ring (bicyclic) bond motifs is 1. The van der Waals surface area contributed by atoms with E-state index in [4.69, 9.17) is 4.74 Å². The monoisotopic (exact) mass is 419 g/mol. The number of rotatable bonds is 5. The quantitative estimate of drug-likeness (QED) is 0.614. The highest BCUT2D eigenvalue weighted by Crippen LogP contribution is 2.29. The maximum absolute atomic E-state index is 12.9. The lowest BCUT2D eigenvalue weighted by Crippen LogP contribution is -2.26. The Balaban J connectivity index is 1.94. The summed E-state index contributed by atoms with van der Waals surface area (Å²) >= 11 is 3.34. The molecule has 3 aromatic rings. The molecule has 0 saturated heterocycles. The van der Waals surface area contributed by atoms with Crippen LogP contribution in [0.4, 0.5) is 0 Å². The molecule has 6 heteroatoms. The molecule has 0 fully saturated rings. The van der Waals surface area contributed by atoms with Crippen LogP contribution < -0.4 is 4.74 Å². The molecule has 3 rings (SSSR count). The molecule has 4 nitrogen and oxygen atoms in total.